The van der Waals surface area contributed by atoms with E-state index >= 15 is 0 Å². The number of hydrazone groups is 1. The smallest absolute Gasteiger partial charge is 0.271 e. The fourth-order valence-corrected chi connectivity index (χ4v) is 2.40. The Kier molecular flexibility index (Phi) is 5.22. The maximum absolute atomic E-state index is 12.1. The fourth-order valence-electron chi connectivity index (χ4n) is 2.40. The Labute approximate surface area is 146 Å². The Balaban J connectivity index is 1.66. The van der Waals surface area contributed by atoms with Crippen molar-refractivity contribution < 1.29 is 9.53 Å². The van der Waals surface area contributed by atoms with Gasteiger partial charge >= 0.3 is 0 Å². The highest BCUT2D eigenvalue weighted by Gasteiger charge is 2.04. The molecule has 0 fully saturated rings. The second-order valence-electron chi connectivity index (χ2n) is 5.42. The highest BCUT2D eigenvalue weighted by Crippen LogP contribution is 2.19. The molecule has 0 spiro atoms. The van der Waals surface area contributed by atoms with E-state index in [0.29, 0.717) is 11.3 Å². The van der Waals surface area contributed by atoms with Gasteiger partial charge in [-0.3, -0.25) is 4.79 Å². The number of amides is 1. The van der Waals surface area contributed by atoms with Gasteiger partial charge in [0.25, 0.3) is 5.91 Å². The molecule has 3 aromatic carbocycles. The first-order valence-corrected chi connectivity index (χ1v) is 7.89. The molecule has 4 heteroatoms. The Morgan fingerprint density at radius 3 is 2.36 bits per heavy atom. The molecule has 0 aliphatic heterocycles. The predicted molar refractivity (Wildman–Crippen MR) is 99.9 cm³/mol. The minimum absolute atomic E-state index is 0.266. The number of rotatable bonds is 5. The minimum atomic E-state index is -0.266. The molecule has 0 aliphatic carbocycles. The molecule has 0 atom stereocenters. The lowest BCUT2D eigenvalue weighted by molar-refractivity contribution is 0.0955. The summed E-state index contributed by atoms with van der Waals surface area (Å²) in [6, 6.07) is 25.0. The number of methoxy groups -OCH3 is 1. The number of benzene rings is 3. The van der Waals surface area contributed by atoms with Crippen LogP contribution < -0.4 is 10.2 Å². The number of hydrogen-bond donors (Lipinski definition) is 1. The van der Waals surface area contributed by atoms with Gasteiger partial charge in [0.05, 0.1) is 13.3 Å². The summed E-state index contributed by atoms with van der Waals surface area (Å²) in [5, 5.41) is 4.04. The third kappa shape index (κ3) is 4.32. The Hall–Kier alpha value is -3.40. The highest BCUT2D eigenvalue weighted by atomic mass is 16.5. The first kappa shape index (κ1) is 16.5. The molecule has 0 heterocycles. The van der Waals surface area contributed by atoms with Gasteiger partial charge in [-0.1, -0.05) is 48.5 Å². The first-order valence-electron chi connectivity index (χ1n) is 7.89. The van der Waals surface area contributed by atoms with E-state index in [9.17, 15) is 4.79 Å². The van der Waals surface area contributed by atoms with Crippen LogP contribution in [0.3, 0.4) is 0 Å². The van der Waals surface area contributed by atoms with E-state index in [1.54, 1.807) is 37.6 Å². The summed E-state index contributed by atoms with van der Waals surface area (Å²) >= 11 is 0. The fraction of sp³-hybridized carbons (Fsp3) is 0.0476. The van der Waals surface area contributed by atoms with Gasteiger partial charge in [-0.2, -0.15) is 5.10 Å². The van der Waals surface area contributed by atoms with Crippen LogP contribution in [-0.2, 0) is 0 Å². The van der Waals surface area contributed by atoms with Crippen molar-refractivity contribution in [2.75, 3.05) is 7.11 Å². The second-order valence-corrected chi connectivity index (χ2v) is 5.42. The van der Waals surface area contributed by atoms with Gasteiger partial charge in [-0.25, -0.2) is 5.43 Å². The van der Waals surface area contributed by atoms with Crippen molar-refractivity contribution in [1.82, 2.24) is 5.43 Å². The standard InChI is InChI=1S/C21H18N2O2/c1-25-20-12-10-18(11-13-20)21(24)23-22-15-16-6-5-9-19(14-16)17-7-3-2-4-8-17/h2-15H,1H3,(H,23,24)/b22-15+. The average Bonchev–Trinajstić information content (AvgIpc) is 2.69. The SMILES string of the molecule is COc1ccc(C(=O)N/N=C/c2cccc(-c3ccccc3)c2)cc1. The summed E-state index contributed by atoms with van der Waals surface area (Å²) in [6.07, 6.45) is 1.63. The van der Waals surface area contributed by atoms with E-state index in [0.717, 1.165) is 16.7 Å². The van der Waals surface area contributed by atoms with E-state index in [4.69, 9.17) is 4.74 Å². The van der Waals surface area contributed by atoms with Gasteiger partial charge in [0.2, 0.25) is 0 Å². The number of nitrogens with zero attached hydrogens (tertiary/aromatic N) is 1. The molecule has 0 bridgehead atoms. The van der Waals surface area contributed by atoms with Crippen molar-refractivity contribution >= 4 is 12.1 Å². The molecular weight excluding hydrogens is 312 g/mol. The largest absolute Gasteiger partial charge is 0.497 e. The lowest BCUT2D eigenvalue weighted by Gasteiger charge is -2.03. The zero-order valence-corrected chi connectivity index (χ0v) is 13.8. The summed E-state index contributed by atoms with van der Waals surface area (Å²) in [4.78, 5) is 12.1. The summed E-state index contributed by atoms with van der Waals surface area (Å²) < 4.78 is 5.07. The second kappa shape index (κ2) is 7.93. The van der Waals surface area contributed by atoms with Crippen molar-refractivity contribution in [2.45, 2.75) is 0 Å². The van der Waals surface area contributed by atoms with Gasteiger partial charge in [-0.05, 0) is 47.0 Å². The molecule has 25 heavy (non-hydrogen) atoms. The van der Waals surface area contributed by atoms with E-state index < -0.39 is 0 Å². The van der Waals surface area contributed by atoms with Crippen molar-refractivity contribution in [3.05, 3.63) is 90.0 Å². The quantitative estimate of drug-likeness (QED) is 0.565. The lowest BCUT2D eigenvalue weighted by Crippen LogP contribution is -2.17. The molecule has 0 unspecified atom stereocenters. The summed E-state index contributed by atoms with van der Waals surface area (Å²) in [5.41, 5.74) is 6.21. The molecule has 0 aliphatic rings. The number of hydrogen-bond acceptors (Lipinski definition) is 3. The van der Waals surface area contributed by atoms with Gasteiger partial charge in [0.1, 0.15) is 5.75 Å². The van der Waals surface area contributed by atoms with Crippen molar-refractivity contribution in [2.24, 2.45) is 5.10 Å². The number of carbonyl (C=O) groups excluding carboxylic acids is 1. The average molecular weight is 330 g/mol. The zero-order valence-electron chi connectivity index (χ0n) is 13.8. The lowest BCUT2D eigenvalue weighted by atomic mass is 10.0. The zero-order chi connectivity index (χ0) is 17.5. The molecule has 4 nitrogen and oxygen atoms in total. The van der Waals surface area contributed by atoms with Crippen LogP contribution in [0.15, 0.2) is 84.0 Å². The maximum Gasteiger partial charge on any atom is 0.271 e. The summed E-state index contributed by atoms with van der Waals surface area (Å²) in [7, 11) is 1.59. The van der Waals surface area contributed by atoms with E-state index in [-0.39, 0.29) is 5.91 Å². The molecule has 0 saturated carbocycles. The number of ether oxygens (including phenoxy) is 1. The van der Waals surface area contributed by atoms with Crippen LogP contribution in [0.4, 0.5) is 0 Å². The molecule has 0 saturated heterocycles. The Morgan fingerprint density at radius 2 is 1.64 bits per heavy atom. The van der Waals surface area contributed by atoms with E-state index in [1.165, 1.54) is 0 Å². The minimum Gasteiger partial charge on any atom is -0.497 e. The van der Waals surface area contributed by atoms with Crippen LogP contribution in [0.25, 0.3) is 11.1 Å². The molecule has 1 N–H and O–H groups in total. The molecular formula is C21H18N2O2. The highest BCUT2D eigenvalue weighted by molar-refractivity contribution is 5.95. The van der Waals surface area contributed by atoms with Crippen molar-refractivity contribution in [3.63, 3.8) is 0 Å². The summed E-state index contributed by atoms with van der Waals surface area (Å²) in [6.45, 7) is 0. The first-order chi connectivity index (χ1) is 12.3. The van der Waals surface area contributed by atoms with E-state index in [1.807, 2.05) is 42.5 Å². The van der Waals surface area contributed by atoms with Crippen LogP contribution in [0.5, 0.6) is 5.75 Å². The van der Waals surface area contributed by atoms with Crippen molar-refractivity contribution in [1.29, 1.82) is 0 Å². The van der Waals surface area contributed by atoms with Gasteiger partial charge < -0.3 is 4.74 Å². The molecule has 1 amide bonds. The number of nitrogens with one attached hydrogen (secondary N) is 1. The van der Waals surface area contributed by atoms with Crippen LogP contribution in [0.2, 0.25) is 0 Å². The predicted octanol–water partition coefficient (Wildman–Crippen LogP) is 4.13. The van der Waals surface area contributed by atoms with Crippen LogP contribution in [-0.4, -0.2) is 19.2 Å². The van der Waals surface area contributed by atoms with Gasteiger partial charge in [-0.15, -0.1) is 0 Å². The topological polar surface area (TPSA) is 50.7 Å². The summed E-state index contributed by atoms with van der Waals surface area (Å²) in [5.74, 6) is 0.441. The molecule has 124 valence electrons. The monoisotopic (exact) mass is 330 g/mol. The Morgan fingerprint density at radius 1 is 0.920 bits per heavy atom. The number of carbonyl (C=O) groups is 1. The Bertz CT molecular complexity index is 872. The maximum atomic E-state index is 12.1. The van der Waals surface area contributed by atoms with Gasteiger partial charge in [0, 0.05) is 5.56 Å². The third-order valence-corrected chi connectivity index (χ3v) is 3.73. The molecule has 0 aromatic heterocycles. The molecule has 3 rings (SSSR count). The van der Waals surface area contributed by atoms with Crippen LogP contribution in [0.1, 0.15) is 15.9 Å². The molecule has 3 aromatic rings. The van der Waals surface area contributed by atoms with Gasteiger partial charge in [0.15, 0.2) is 0 Å². The van der Waals surface area contributed by atoms with E-state index in [2.05, 4.69) is 22.7 Å². The molecule has 0 radical (unpaired) electrons. The third-order valence-electron chi connectivity index (χ3n) is 3.73. The van der Waals surface area contributed by atoms with Crippen molar-refractivity contribution in [3.8, 4) is 16.9 Å². The normalized spacial score (nSPS) is 10.6. The van der Waals surface area contributed by atoms with Crippen LogP contribution >= 0.6 is 0 Å². The van der Waals surface area contributed by atoms with Crippen LogP contribution in [0, 0.1) is 0 Å².